The van der Waals surface area contributed by atoms with Crippen molar-refractivity contribution in [3.8, 4) is 0 Å². The lowest BCUT2D eigenvalue weighted by molar-refractivity contribution is 0.0690. The van der Waals surface area contributed by atoms with Crippen LogP contribution in [-0.4, -0.2) is 11.1 Å². The molecule has 1 rings (SSSR count). The van der Waals surface area contributed by atoms with Crippen molar-refractivity contribution < 1.29 is 18.7 Å². The van der Waals surface area contributed by atoms with Gasteiger partial charge in [-0.15, -0.1) is 0 Å². The van der Waals surface area contributed by atoms with E-state index in [1.165, 1.54) is 0 Å². The molecule has 12 heavy (non-hydrogen) atoms. The second-order valence-corrected chi connectivity index (χ2v) is 2.97. The Balaban J connectivity index is 3.37. The first-order chi connectivity index (χ1) is 5.52. The second kappa shape index (κ2) is 3.18. The van der Waals surface area contributed by atoms with E-state index in [0.717, 1.165) is 12.1 Å². The highest BCUT2D eigenvalue weighted by molar-refractivity contribution is 9.10. The summed E-state index contributed by atoms with van der Waals surface area (Å²) in [5, 5.41) is 8.39. The summed E-state index contributed by atoms with van der Waals surface area (Å²) in [6.07, 6.45) is 0. The Morgan fingerprint density at radius 1 is 1.42 bits per heavy atom. The Kier molecular flexibility index (Phi) is 2.42. The minimum Gasteiger partial charge on any atom is -0.478 e. The van der Waals surface area contributed by atoms with Gasteiger partial charge in [0.15, 0.2) is 11.6 Å². The van der Waals surface area contributed by atoms with Gasteiger partial charge in [-0.05, 0) is 12.1 Å². The molecule has 0 radical (unpaired) electrons. The molecule has 1 N–H and O–H groups in total. The second-order valence-electron chi connectivity index (χ2n) is 2.05. The SMILES string of the molecule is O=C(O)c1cc(Br)cc(F)c1F. The van der Waals surface area contributed by atoms with E-state index in [-0.39, 0.29) is 4.47 Å². The summed E-state index contributed by atoms with van der Waals surface area (Å²) in [6.45, 7) is 0. The molecule has 0 fully saturated rings. The van der Waals surface area contributed by atoms with Crippen molar-refractivity contribution in [3.63, 3.8) is 0 Å². The van der Waals surface area contributed by atoms with Gasteiger partial charge in [-0.2, -0.15) is 0 Å². The molecule has 1 aromatic rings. The molecule has 0 saturated carbocycles. The quantitative estimate of drug-likeness (QED) is 0.761. The highest BCUT2D eigenvalue weighted by atomic mass is 79.9. The molecule has 5 heteroatoms. The average Bonchev–Trinajstić information content (AvgIpc) is 1.96. The van der Waals surface area contributed by atoms with Crippen molar-refractivity contribution in [1.82, 2.24) is 0 Å². The molecule has 0 atom stereocenters. The summed E-state index contributed by atoms with van der Waals surface area (Å²) in [7, 11) is 0. The molecule has 0 amide bonds. The third-order valence-electron chi connectivity index (χ3n) is 1.22. The van der Waals surface area contributed by atoms with Gasteiger partial charge in [-0.25, -0.2) is 13.6 Å². The molecule has 0 aliphatic carbocycles. The largest absolute Gasteiger partial charge is 0.478 e. The van der Waals surface area contributed by atoms with Crippen LogP contribution in [0.5, 0.6) is 0 Å². The van der Waals surface area contributed by atoms with E-state index in [1.54, 1.807) is 0 Å². The fourth-order valence-corrected chi connectivity index (χ4v) is 1.14. The maximum Gasteiger partial charge on any atom is 0.338 e. The van der Waals surface area contributed by atoms with Crippen molar-refractivity contribution in [2.45, 2.75) is 0 Å². The number of hydrogen-bond acceptors (Lipinski definition) is 1. The lowest BCUT2D eigenvalue weighted by atomic mass is 10.2. The van der Waals surface area contributed by atoms with Gasteiger partial charge in [0.2, 0.25) is 0 Å². The molecule has 0 saturated heterocycles. The standard InChI is InChI=1S/C7H3BrF2O2/c8-3-1-4(7(11)12)6(10)5(9)2-3/h1-2H,(H,11,12). The molecule has 1 aromatic carbocycles. The van der Waals surface area contributed by atoms with Crippen molar-refractivity contribution in [1.29, 1.82) is 0 Å². The van der Waals surface area contributed by atoms with Crippen molar-refractivity contribution in [3.05, 3.63) is 33.8 Å². The summed E-state index contributed by atoms with van der Waals surface area (Å²) in [5.74, 6) is -4.01. The Hall–Kier alpha value is -0.970. The maximum atomic E-state index is 12.7. The van der Waals surface area contributed by atoms with Gasteiger partial charge in [-0.1, -0.05) is 15.9 Å². The number of rotatable bonds is 1. The zero-order chi connectivity index (χ0) is 9.30. The molecule has 0 aliphatic rings. The Morgan fingerprint density at radius 3 is 2.50 bits per heavy atom. The zero-order valence-electron chi connectivity index (χ0n) is 5.64. The van der Waals surface area contributed by atoms with E-state index >= 15 is 0 Å². The number of aromatic carboxylic acids is 1. The van der Waals surface area contributed by atoms with Crippen LogP contribution in [0.2, 0.25) is 0 Å². The predicted molar refractivity (Wildman–Crippen MR) is 41.0 cm³/mol. The summed E-state index contributed by atoms with van der Waals surface area (Å²) in [6, 6.07) is 1.86. The first-order valence-corrected chi connectivity index (χ1v) is 3.69. The molecule has 2 nitrogen and oxygen atoms in total. The number of benzene rings is 1. The van der Waals surface area contributed by atoms with Crippen LogP contribution in [0.3, 0.4) is 0 Å². The first kappa shape index (κ1) is 9.12. The van der Waals surface area contributed by atoms with E-state index in [4.69, 9.17) is 5.11 Å². The molecular weight excluding hydrogens is 234 g/mol. The van der Waals surface area contributed by atoms with Crippen LogP contribution in [-0.2, 0) is 0 Å². The molecule has 0 aromatic heterocycles. The summed E-state index contributed by atoms with van der Waals surface area (Å²) in [4.78, 5) is 10.3. The van der Waals surface area contributed by atoms with Crippen LogP contribution in [0.15, 0.2) is 16.6 Å². The number of carboxylic acid groups (broad SMARTS) is 1. The highest BCUT2D eigenvalue weighted by Gasteiger charge is 2.15. The maximum absolute atomic E-state index is 12.7. The Labute approximate surface area is 75.0 Å². The minimum absolute atomic E-state index is 0.193. The van der Waals surface area contributed by atoms with Gasteiger partial charge in [0.1, 0.15) is 0 Å². The fraction of sp³-hybridized carbons (Fsp3) is 0. The Morgan fingerprint density at radius 2 is 2.00 bits per heavy atom. The van der Waals surface area contributed by atoms with Crippen molar-refractivity contribution in [2.75, 3.05) is 0 Å². The number of carboxylic acids is 1. The molecule has 0 heterocycles. The summed E-state index contributed by atoms with van der Waals surface area (Å²) < 4.78 is 25.4. The smallest absolute Gasteiger partial charge is 0.338 e. The van der Waals surface area contributed by atoms with Gasteiger partial charge in [-0.3, -0.25) is 0 Å². The lowest BCUT2D eigenvalue weighted by Crippen LogP contribution is -2.02. The van der Waals surface area contributed by atoms with Gasteiger partial charge < -0.3 is 5.11 Å². The van der Waals surface area contributed by atoms with Crippen LogP contribution in [0.1, 0.15) is 10.4 Å². The van der Waals surface area contributed by atoms with E-state index in [9.17, 15) is 13.6 Å². The lowest BCUT2D eigenvalue weighted by Gasteiger charge is -1.98. The third kappa shape index (κ3) is 1.61. The van der Waals surface area contributed by atoms with Gasteiger partial charge in [0, 0.05) is 4.47 Å². The fourth-order valence-electron chi connectivity index (χ4n) is 0.712. The topological polar surface area (TPSA) is 37.3 Å². The van der Waals surface area contributed by atoms with E-state index in [0.29, 0.717) is 0 Å². The molecule has 0 unspecified atom stereocenters. The third-order valence-corrected chi connectivity index (χ3v) is 1.68. The number of halogens is 3. The normalized spacial score (nSPS) is 9.92. The molecule has 0 bridgehead atoms. The predicted octanol–water partition coefficient (Wildman–Crippen LogP) is 2.43. The number of carbonyl (C=O) groups is 1. The van der Waals surface area contributed by atoms with E-state index < -0.39 is 23.2 Å². The zero-order valence-corrected chi connectivity index (χ0v) is 7.23. The van der Waals surface area contributed by atoms with Crippen LogP contribution in [0.4, 0.5) is 8.78 Å². The monoisotopic (exact) mass is 236 g/mol. The van der Waals surface area contributed by atoms with Gasteiger partial charge >= 0.3 is 5.97 Å². The molecule has 0 aliphatic heterocycles. The van der Waals surface area contributed by atoms with E-state index in [1.807, 2.05) is 0 Å². The minimum atomic E-state index is -1.49. The van der Waals surface area contributed by atoms with Gasteiger partial charge in [0.25, 0.3) is 0 Å². The highest BCUT2D eigenvalue weighted by Crippen LogP contribution is 2.18. The van der Waals surface area contributed by atoms with Crippen LogP contribution >= 0.6 is 15.9 Å². The van der Waals surface area contributed by atoms with Crippen LogP contribution < -0.4 is 0 Å². The van der Waals surface area contributed by atoms with Crippen LogP contribution in [0, 0.1) is 11.6 Å². The number of hydrogen-bond donors (Lipinski definition) is 1. The van der Waals surface area contributed by atoms with Crippen molar-refractivity contribution in [2.24, 2.45) is 0 Å². The molecular formula is C7H3BrF2O2. The average molecular weight is 237 g/mol. The summed E-state index contributed by atoms with van der Waals surface area (Å²) in [5.41, 5.74) is -0.679. The van der Waals surface area contributed by atoms with E-state index in [2.05, 4.69) is 15.9 Å². The van der Waals surface area contributed by atoms with Crippen LogP contribution in [0.25, 0.3) is 0 Å². The summed E-state index contributed by atoms with van der Waals surface area (Å²) >= 11 is 2.85. The Bertz CT molecular complexity index is 338. The first-order valence-electron chi connectivity index (χ1n) is 2.90. The molecule has 0 spiro atoms. The van der Waals surface area contributed by atoms with Gasteiger partial charge in [0.05, 0.1) is 5.56 Å². The molecule has 64 valence electrons. The van der Waals surface area contributed by atoms with Crippen molar-refractivity contribution >= 4 is 21.9 Å².